The van der Waals surface area contributed by atoms with Crippen LogP contribution in [0.1, 0.15) is 18.4 Å². The molecule has 0 aliphatic carbocycles. The van der Waals surface area contributed by atoms with E-state index >= 15 is 0 Å². The van der Waals surface area contributed by atoms with E-state index in [-0.39, 0.29) is 12.5 Å². The normalized spacial score (nSPS) is 13.2. The molecule has 0 aliphatic rings. The molecule has 0 radical (unpaired) electrons. The number of aliphatic hydroxyl groups excluding tert-OH is 1. The Morgan fingerprint density at radius 3 is 3.00 bits per heavy atom. The molecule has 1 atom stereocenters. The highest BCUT2D eigenvalue weighted by Crippen LogP contribution is 2.00. The third-order valence-corrected chi connectivity index (χ3v) is 1.79. The van der Waals surface area contributed by atoms with Gasteiger partial charge in [0.1, 0.15) is 5.76 Å². The molecule has 4 heteroatoms. The summed E-state index contributed by atoms with van der Waals surface area (Å²) in [6.07, 6.45) is 0. The first-order valence-corrected chi connectivity index (χ1v) is 4.46. The van der Waals surface area contributed by atoms with E-state index in [1.165, 1.54) is 0 Å². The van der Waals surface area contributed by atoms with Crippen molar-refractivity contribution in [2.45, 2.75) is 20.4 Å². The minimum atomic E-state index is 0.213. The molecule has 0 fully saturated rings. The summed E-state index contributed by atoms with van der Waals surface area (Å²) in [5.74, 6) is 1.11. The summed E-state index contributed by atoms with van der Waals surface area (Å²) >= 11 is 0. The maximum Gasteiger partial charge on any atom is 0.133 e. The number of hydrogen-bond donors (Lipinski definition) is 2. The predicted octanol–water partition coefficient (Wildman–Crippen LogP) is 0.701. The smallest absolute Gasteiger partial charge is 0.133 e. The first-order chi connectivity index (χ1) is 6.22. The lowest BCUT2D eigenvalue weighted by Crippen LogP contribution is -2.22. The summed E-state index contributed by atoms with van der Waals surface area (Å²) in [5, 5.41) is 15.8. The van der Waals surface area contributed by atoms with Crippen molar-refractivity contribution in [1.29, 1.82) is 0 Å². The SMILES string of the molecule is Cc1cc(CNCC(C)CO)no1. The average molecular weight is 184 g/mol. The van der Waals surface area contributed by atoms with Gasteiger partial charge >= 0.3 is 0 Å². The van der Waals surface area contributed by atoms with Crippen molar-refractivity contribution in [3.05, 3.63) is 17.5 Å². The third-order valence-electron chi connectivity index (χ3n) is 1.79. The molecule has 1 unspecified atom stereocenters. The number of aryl methyl sites for hydroxylation is 1. The van der Waals surface area contributed by atoms with Crippen molar-refractivity contribution >= 4 is 0 Å². The molecular weight excluding hydrogens is 168 g/mol. The molecule has 0 amide bonds. The summed E-state index contributed by atoms with van der Waals surface area (Å²) in [6, 6.07) is 1.90. The molecule has 0 aromatic carbocycles. The molecule has 0 bridgehead atoms. The molecule has 1 aromatic heterocycles. The molecule has 13 heavy (non-hydrogen) atoms. The summed E-state index contributed by atoms with van der Waals surface area (Å²) < 4.78 is 4.91. The van der Waals surface area contributed by atoms with E-state index < -0.39 is 0 Å². The van der Waals surface area contributed by atoms with Gasteiger partial charge in [-0.2, -0.15) is 0 Å². The van der Waals surface area contributed by atoms with Crippen LogP contribution in [0.5, 0.6) is 0 Å². The fourth-order valence-corrected chi connectivity index (χ4v) is 1.01. The summed E-state index contributed by atoms with van der Waals surface area (Å²) in [4.78, 5) is 0. The Hall–Kier alpha value is -0.870. The van der Waals surface area contributed by atoms with Crippen molar-refractivity contribution < 1.29 is 9.63 Å². The van der Waals surface area contributed by atoms with Crippen LogP contribution in [0.4, 0.5) is 0 Å². The average Bonchev–Trinajstić information content (AvgIpc) is 2.51. The van der Waals surface area contributed by atoms with Crippen LogP contribution in [0.25, 0.3) is 0 Å². The van der Waals surface area contributed by atoms with Crippen LogP contribution in [0, 0.1) is 12.8 Å². The van der Waals surface area contributed by atoms with Crippen LogP contribution in [-0.2, 0) is 6.54 Å². The Bertz CT molecular complexity index is 248. The number of aliphatic hydroxyl groups is 1. The molecule has 0 spiro atoms. The van der Waals surface area contributed by atoms with Gasteiger partial charge in [0.05, 0.1) is 5.69 Å². The summed E-state index contributed by atoms with van der Waals surface area (Å²) in [6.45, 7) is 5.56. The van der Waals surface area contributed by atoms with Crippen molar-refractivity contribution in [2.75, 3.05) is 13.2 Å². The highest BCUT2D eigenvalue weighted by atomic mass is 16.5. The van der Waals surface area contributed by atoms with Gasteiger partial charge in [0.15, 0.2) is 0 Å². The molecule has 1 rings (SSSR count). The molecule has 1 aromatic rings. The molecule has 4 nitrogen and oxygen atoms in total. The molecule has 2 N–H and O–H groups in total. The van der Waals surface area contributed by atoms with Crippen LogP contribution < -0.4 is 5.32 Å². The third kappa shape index (κ3) is 3.57. The van der Waals surface area contributed by atoms with Gasteiger partial charge in [-0.3, -0.25) is 0 Å². The van der Waals surface area contributed by atoms with Crippen LogP contribution >= 0.6 is 0 Å². The first-order valence-electron chi connectivity index (χ1n) is 4.46. The van der Waals surface area contributed by atoms with E-state index in [1.807, 2.05) is 19.9 Å². The molecule has 0 saturated heterocycles. The highest BCUT2D eigenvalue weighted by molar-refractivity contribution is 5.02. The van der Waals surface area contributed by atoms with E-state index in [0.717, 1.165) is 18.0 Å². The summed E-state index contributed by atoms with van der Waals surface area (Å²) in [5.41, 5.74) is 0.905. The molecule has 0 saturated carbocycles. The van der Waals surface area contributed by atoms with Crippen molar-refractivity contribution in [1.82, 2.24) is 10.5 Å². The second kappa shape index (κ2) is 4.99. The van der Waals surface area contributed by atoms with Crippen molar-refractivity contribution in [3.8, 4) is 0 Å². The zero-order valence-electron chi connectivity index (χ0n) is 8.08. The van der Waals surface area contributed by atoms with Gasteiger partial charge in [-0.15, -0.1) is 0 Å². The van der Waals surface area contributed by atoms with E-state index in [2.05, 4.69) is 10.5 Å². The fraction of sp³-hybridized carbons (Fsp3) is 0.667. The van der Waals surface area contributed by atoms with Crippen LogP contribution in [0.3, 0.4) is 0 Å². The number of nitrogens with zero attached hydrogens (tertiary/aromatic N) is 1. The van der Waals surface area contributed by atoms with Crippen molar-refractivity contribution in [2.24, 2.45) is 5.92 Å². The number of aromatic nitrogens is 1. The van der Waals surface area contributed by atoms with Gasteiger partial charge in [-0.05, 0) is 12.8 Å². The number of hydrogen-bond acceptors (Lipinski definition) is 4. The van der Waals surface area contributed by atoms with Crippen molar-refractivity contribution in [3.63, 3.8) is 0 Å². The standard InChI is InChI=1S/C9H16N2O2/c1-7(6-12)4-10-5-9-3-8(2)13-11-9/h3,7,10,12H,4-6H2,1-2H3. The Balaban J connectivity index is 2.20. The Morgan fingerprint density at radius 2 is 2.46 bits per heavy atom. The second-order valence-corrected chi connectivity index (χ2v) is 3.35. The minimum Gasteiger partial charge on any atom is -0.396 e. The molecular formula is C9H16N2O2. The van der Waals surface area contributed by atoms with E-state index in [9.17, 15) is 0 Å². The number of rotatable bonds is 5. The topological polar surface area (TPSA) is 58.3 Å². The van der Waals surface area contributed by atoms with Crippen LogP contribution in [-0.4, -0.2) is 23.4 Å². The van der Waals surface area contributed by atoms with E-state index in [1.54, 1.807) is 0 Å². The summed E-state index contributed by atoms with van der Waals surface area (Å²) in [7, 11) is 0. The van der Waals surface area contributed by atoms with Gasteiger partial charge in [0.25, 0.3) is 0 Å². The zero-order chi connectivity index (χ0) is 9.68. The van der Waals surface area contributed by atoms with Gasteiger partial charge in [0.2, 0.25) is 0 Å². The molecule has 74 valence electrons. The van der Waals surface area contributed by atoms with E-state index in [4.69, 9.17) is 9.63 Å². The van der Waals surface area contributed by atoms with E-state index in [0.29, 0.717) is 6.54 Å². The Labute approximate surface area is 77.9 Å². The zero-order valence-corrected chi connectivity index (χ0v) is 8.08. The number of nitrogens with one attached hydrogen (secondary N) is 1. The van der Waals surface area contributed by atoms with Gasteiger partial charge in [0, 0.05) is 25.8 Å². The fourth-order valence-electron chi connectivity index (χ4n) is 1.01. The maximum absolute atomic E-state index is 8.76. The largest absolute Gasteiger partial charge is 0.396 e. The monoisotopic (exact) mass is 184 g/mol. The van der Waals surface area contributed by atoms with Gasteiger partial charge in [-0.25, -0.2) is 0 Å². The van der Waals surface area contributed by atoms with Gasteiger partial charge < -0.3 is 14.9 Å². The van der Waals surface area contributed by atoms with Crippen LogP contribution in [0.15, 0.2) is 10.6 Å². The Morgan fingerprint density at radius 1 is 1.69 bits per heavy atom. The minimum absolute atomic E-state index is 0.213. The van der Waals surface area contributed by atoms with Gasteiger partial charge in [-0.1, -0.05) is 12.1 Å². The molecule has 1 heterocycles. The lowest BCUT2D eigenvalue weighted by Gasteiger charge is -2.07. The second-order valence-electron chi connectivity index (χ2n) is 3.35. The molecule has 0 aliphatic heterocycles. The quantitative estimate of drug-likeness (QED) is 0.707. The Kier molecular flexibility index (Phi) is 3.92. The first kappa shape index (κ1) is 10.2. The lowest BCUT2D eigenvalue weighted by atomic mass is 10.2. The lowest BCUT2D eigenvalue weighted by molar-refractivity contribution is 0.233. The maximum atomic E-state index is 8.76. The predicted molar refractivity (Wildman–Crippen MR) is 49.2 cm³/mol. The van der Waals surface area contributed by atoms with Crippen LogP contribution in [0.2, 0.25) is 0 Å². The highest BCUT2D eigenvalue weighted by Gasteiger charge is 2.01.